The van der Waals surface area contributed by atoms with Gasteiger partial charge in [-0.2, -0.15) is 0 Å². The number of hydrogen-bond donors (Lipinski definition) is 0. The summed E-state index contributed by atoms with van der Waals surface area (Å²) >= 11 is 0. The predicted octanol–water partition coefficient (Wildman–Crippen LogP) is 6.34. The molecule has 1 saturated heterocycles. The van der Waals surface area contributed by atoms with E-state index in [0.29, 0.717) is 16.7 Å². The highest BCUT2D eigenvalue weighted by Crippen LogP contribution is 2.53. The maximum absolute atomic E-state index is 5.23. The lowest BCUT2D eigenvalue weighted by Gasteiger charge is -2.46. The van der Waals surface area contributed by atoms with Gasteiger partial charge in [0, 0.05) is 44.0 Å². The Morgan fingerprint density at radius 3 is 2.21 bits per heavy atom. The van der Waals surface area contributed by atoms with Gasteiger partial charge in [-0.05, 0) is 53.7 Å². The van der Waals surface area contributed by atoms with Crippen molar-refractivity contribution < 1.29 is 4.42 Å². The van der Waals surface area contributed by atoms with Gasteiger partial charge in [-0.15, -0.1) is 12.4 Å². The van der Waals surface area contributed by atoms with Crippen LogP contribution in [-0.4, -0.2) is 31.1 Å². The second-order valence-corrected chi connectivity index (χ2v) is 10.6. The zero-order valence-electron chi connectivity index (χ0n) is 18.5. The molecule has 3 nitrogen and oxygen atoms in total. The molecule has 0 bridgehead atoms. The van der Waals surface area contributed by atoms with Crippen LogP contribution in [0.5, 0.6) is 0 Å². The molecule has 0 unspecified atom stereocenters. The molecule has 4 rings (SSSR count). The molecule has 2 aromatic rings. The molecule has 0 N–H and O–H groups in total. The highest BCUT2D eigenvalue weighted by molar-refractivity contribution is 5.85. The Hall–Kier alpha value is -1.45. The minimum Gasteiger partial charge on any atom is -0.472 e. The highest BCUT2D eigenvalue weighted by atomic mass is 35.5. The molecule has 29 heavy (non-hydrogen) atoms. The van der Waals surface area contributed by atoms with Crippen LogP contribution in [0, 0.1) is 10.8 Å². The molecule has 2 heterocycles. The normalized spacial score (nSPS) is 22.3. The number of para-hydroxylation sites is 1. The third-order valence-corrected chi connectivity index (χ3v) is 6.63. The topological polar surface area (TPSA) is 19.6 Å². The van der Waals surface area contributed by atoms with E-state index in [2.05, 4.69) is 67.8 Å². The van der Waals surface area contributed by atoms with Crippen molar-refractivity contribution in [3.8, 4) is 0 Å². The molecule has 0 radical (unpaired) electrons. The number of piperazine rings is 1. The second-order valence-electron chi connectivity index (χ2n) is 10.6. The summed E-state index contributed by atoms with van der Waals surface area (Å²) in [7, 11) is 0. The number of anilines is 1. The van der Waals surface area contributed by atoms with Gasteiger partial charge in [0.15, 0.2) is 0 Å². The van der Waals surface area contributed by atoms with E-state index in [-0.39, 0.29) is 12.4 Å². The van der Waals surface area contributed by atoms with E-state index in [0.717, 1.165) is 32.7 Å². The molecule has 1 aromatic heterocycles. The largest absolute Gasteiger partial charge is 0.472 e. The average molecular weight is 417 g/mol. The SMILES string of the molecule is CC1(C)CC(c2ccccc2N2CCN(Cc3ccoc3)CC2)CC(C)(C)C1.Cl. The maximum atomic E-state index is 5.23. The molecule has 0 atom stereocenters. The molecule has 160 valence electrons. The van der Waals surface area contributed by atoms with Crippen LogP contribution in [0.2, 0.25) is 0 Å². The summed E-state index contributed by atoms with van der Waals surface area (Å²) in [6.07, 6.45) is 7.57. The monoisotopic (exact) mass is 416 g/mol. The molecule has 0 spiro atoms. The van der Waals surface area contributed by atoms with Gasteiger partial charge in [0.25, 0.3) is 0 Å². The fourth-order valence-corrected chi connectivity index (χ4v) is 5.97. The maximum Gasteiger partial charge on any atom is 0.0947 e. The van der Waals surface area contributed by atoms with Gasteiger partial charge in [0.2, 0.25) is 0 Å². The number of rotatable bonds is 4. The van der Waals surface area contributed by atoms with Crippen LogP contribution in [0.15, 0.2) is 47.3 Å². The first-order valence-corrected chi connectivity index (χ1v) is 10.9. The van der Waals surface area contributed by atoms with E-state index in [9.17, 15) is 0 Å². The van der Waals surface area contributed by atoms with Crippen LogP contribution in [0.25, 0.3) is 0 Å². The van der Waals surface area contributed by atoms with Crippen molar-refractivity contribution in [2.75, 3.05) is 31.1 Å². The molecule has 2 aliphatic rings. The van der Waals surface area contributed by atoms with Crippen molar-refractivity contribution in [1.82, 2.24) is 4.90 Å². The molecular formula is C25H37ClN2O. The minimum atomic E-state index is 0. The van der Waals surface area contributed by atoms with Gasteiger partial charge in [-0.1, -0.05) is 45.9 Å². The summed E-state index contributed by atoms with van der Waals surface area (Å²) in [5.74, 6) is 0.666. The molecule has 1 aromatic carbocycles. The lowest BCUT2D eigenvalue weighted by molar-refractivity contribution is 0.0970. The summed E-state index contributed by atoms with van der Waals surface area (Å²) in [4.78, 5) is 5.16. The van der Waals surface area contributed by atoms with Crippen LogP contribution in [0.3, 0.4) is 0 Å². The van der Waals surface area contributed by atoms with E-state index in [1.54, 1.807) is 11.8 Å². The van der Waals surface area contributed by atoms with Crippen LogP contribution in [0.1, 0.15) is 64.0 Å². The Labute approximate surface area is 182 Å². The van der Waals surface area contributed by atoms with E-state index in [1.165, 1.54) is 30.5 Å². The molecule has 1 aliphatic carbocycles. The van der Waals surface area contributed by atoms with Crippen molar-refractivity contribution in [3.05, 3.63) is 54.0 Å². The van der Waals surface area contributed by atoms with Crippen LogP contribution >= 0.6 is 12.4 Å². The molecule has 0 amide bonds. The standard InChI is InChI=1S/C25H36N2O.ClH/c1-24(2)15-21(16-25(3,4)19-24)22-7-5-6-8-23(22)27-12-10-26(11-13-27)17-20-9-14-28-18-20;/h5-9,14,18,21H,10-13,15-17,19H2,1-4H3;1H. The van der Waals surface area contributed by atoms with Crippen LogP contribution < -0.4 is 4.90 Å². The number of halogens is 1. The second kappa shape index (κ2) is 8.73. The first kappa shape index (κ1) is 22.2. The number of furan rings is 1. The third-order valence-electron chi connectivity index (χ3n) is 6.63. The van der Waals surface area contributed by atoms with E-state index >= 15 is 0 Å². The van der Waals surface area contributed by atoms with E-state index < -0.39 is 0 Å². The molecule has 1 saturated carbocycles. The van der Waals surface area contributed by atoms with Crippen molar-refractivity contribution >= 4 is 18.1 Å². The van der Waals surface area contributed by atoms with Crippen molar-refractivity contribution in [1.29, 1.82) is 0 Å². The lowest BCUT2D eigenvalue weighted by Crippen LogP contribution is -2.46. The fraction of sp³-hybridized carbons (Fsp3) is 0.600. The van der Waals surface area contributed by atoms with Crippen LogP contribution in [0.4, 0.5) is 5.69 Å². The van der Waals surface area contributed by atoms with Gasteiger partial charge in [0.1, 0.15) is 0 Å². The predicted molar refractivity (Wildman–Crippen MR) is 124 cm³/mol. The van der Waals surface area contributed by atoms with E-state index in [4.69, 9.17) is 4.42 Å². The molecular weight excluding hydrogens is 380 g/mol. The Morgan fingerprint density at radius 2 is 1.59 bits per heavy atom. The zero-order valence-corrected chi connectivity index (χ0v) is 19.3. The van der Waals surface area contributed by atoms with Gasteiger partial charge in [-0.3, -0.25) is 4.90 Å². The quantitative estimate of drug-likeness (QED) is 0.579. The Balaban J connectivity index is 0.00000240. The lowest BCUT2D eigenvalue weighted by atomic mass is 9.60. The third kappa shape index (κ3) is 5.38. The summed E-state index contributed by atoms with van der Waals surface area (Å²) in [6.45, 7) is 15.3. The molecule has 1 aliphatic heterocycles. The Morgan fingerprint density at radius 1 is 0.931 bits per heavy atom. The highest BCUT2D eigenvalue weighted by Gasteiger charge is 2.39. The minimum absolute atomic E-state index is 0. The zero-order chi connectivity index (χ0) is 19.8. The first-order valence-electron chi connectivity index (χ1n) is 10.9. The Bertz CT molecular complexity index is 760. The summed E-state index contributed by atoms with van der Waals surface area (Å²) < 4.78 is 5.23. The fourth-order valence-electron chi connectivity index (χ4n) is 5.97. The Kier molecular flexibility index (Phi) is 6.70. The van der Waals surface area contributed by atoms with Crippen molar-refractivity contribution in [2.24, 2.45) is 10.8 Å². The average Bonchev–Trinajstić information content (AvgIpc) is 3.13. The molecule has 2 fully saturated rings. The molecule has 4 heteroatoms. The van der Waals surface area contributed by atoms with Gasteiger partial charge in [-0.25, -0.2) is 0 Å². The first-order chi connectivity index (χ1) is 13.3. The smallest absolute Gasteiger partial charge is 0.0947 e. The van der Waals surface area contributed by atoms with Crippen molar-refractivity contribution in [3.63, 3.8) is 0 Å². The van der Waals surface area contributed by atoms with Crippen molar-refractivity contribution in [2.45, 2.75) is 59.4 Å². The van der Waals surface area contributed by atoms with Gasteiger partial charge < -0.3 is 9.32 Å². The number of hydrogen-bond acceptors (Lipinski definition) is 3. The summed E-state index contributed by atoms with van der Waals surface area (Å²) in [5, 5.41) is 0. The summed E-state index contributed by atoms with van der Waals surface area (Å²) in [6, 6.07) is 11.3. The van der Waals surface area contributed by atoms with Gasteiger partial charge in [0.05, 0.1) is 12.5 Å². The summed E-state index contributed by atoms with van der Waals surface area (Å²) in [5.41, 5.74) is 5.17. The van der Waals surface area contributed by atoms with Gasteiger partial charge >= 0.3 is 0 Å². The number of nitrogens with zero attached hydrogens (tertiary/aromatic N) is 2. The van der Waals surface area contributed by atoms with E-state index in [1.807, 2.05) is 6.26 Å². The number of benzene rings is 1. The van der Waals surface area contributed by atoms with Crippen LogP contribution in [-0.2, 0) is 6.54 Å².